The predicted octanol–water partition coefficient (Wildman–Crippen LogP) is 2.69. The van der Waals surface area contributed by atoms with Gasteiger partial charge in [-0.25, -0.2) is 9.67 Å². The van der Waals surface area contributed by atoms with Crippen molar-refractivity contribution in [3.05, 3.63) is 75.9 Å². The standard InChI is InChI=1S/C18H15N5O3/c1-12-8-14(2-4-16(12)22-11-19-10-20-22)18(24)21-7-6-13-9-15(23(25)26)3-5-17(13)21/h2-5,8-11H,6-7H2,1H3. The lowest BCUT2D eigenvalue weighted by atomic mass is 10.1. The molecule has 0 saturated carbocycles. The first kappa shape index (κ1) is 15.9. The topological polar surface area (TPSA) is 94.2 Å². The number of anilines is 1. The van der Waals surface area contributed by atoms with Gasteiger partial charge in [0.05, 0.1) is 10.6 Å². The first-order chi connectivity index (χ1) is 12.5. The van der Waals surface area contributed by atoms with Crippen LogP contribution in [0.5, 0.6) is 0 Å². The molecule has 0 fully saturated rings. The number of hydrogen-bond donors (Lipinski definition) is 0. The van der Waals surface area contributed by atoms with Crippen LogP contribution in [0.2, 0.25) is 0 Å². The van der Waals surface area contributed by atoms with E-state index >= 15 is 0 Å². The molecule has 0 unspecified atom stereocenters. The highest BCUT2D eigenvalue weighted by atomic mass is 16.6. The van der Waals surface area contributed by atoms with Gasteiger partial charge in [-0.2, -0.15) is 5.10 Å². The van der Waals surface area contributed by atoms with E-state index in [1.54, 1.807) is 34.1 Å². The minimum atomic E-state index is -0.420. The number of nitro benzene ring substituents is 1. The lowest BCUT2D eigenvalue weighted by Gasteiger charge is -2.18. The Hall–Kier alpha value is -3.55. The molecule has 0 N–H and O–H groups in total. The van der Waals surface area contributed by atoms with Crippen molar-refractivity contribution in [3.63, 3.8) is 0 Å². The molecule has 1 aromatic heterocycles. The molecule has 1 amide bonds. The van der Waals surface area contributed by atoms with Gasteiger partial charge in [-0.15, -0.1) is 0 Å². The first-order valence-electron chi connectivity index (χ1n) is 8.09. The number of non-ortho nitro benzene ring substituents is 1. The van der Waals surface area contributed by atoms with Crippen molar-refractivity contribution in [2.75, 3.05) is 11.4 Å². The number of hydrogen-bond acceptors (Lipinski definition) is 5. The van der Waals surface area contributed by atoms with E-state index in [9.17, 15) is 14.9 Å². The van der Waals surface area contributed by atoms with Gasteiger partial charge in [-0.1, -0.05) is 0 Å². The second-order valence-electron chi connectivity index (χ2n) is 6.12. The van der Waals surface area contributed by atoms with Gasteiger partial charge in [0, 0.05) is 29.9 Å². The monoisotopic (exact) mass is 349 g/mol. The summed E-state index contributed by atoms with van der Waals surface area (Å²) in [6.07, 6.45) is 3.67. The summed E-state index contributed by atoms with van der Waals surface area (Å²) in [5.41, 5.74) is 3.94. The minimum Gasteiger partial charge on any atom is -0.308 e. The second kappa shape index (κ2) is 6.07. The largest absolute Gasteiger partial charge is 0.308 e. The zero-order chi connectivity index (χ0) is 18.3. The third kappa shape index (κ3) is 2.61. The number of aromatic nitrogens is 3. The summed E-state index contributed by atoms with van der Waals surface area (Å²) < 4.78 is 1.65. The van der Waals surface area contributed by atoms with Crippen molar-refractivity contribution in [3.8, 4) is 5.69 Å². The third-order valence-electron chi connectivity index (χ3n) is 4.52. The van der Waals surface area contributed by atoms with Crippen molar-refractivity contribution in [2.24, 2.45) is 0 Å². The van der Waals surface area contributed by atoms with E-state index in [-0.39, 0.29) is 11.6 Å². The summed E-state index contributed by atoms with van der Waals surface area (Å²) in [5, 5.41) is 15.0. The normalized spacial score (nSPS) is 12.9. The number of fused-ring (bicyclic) bond motifs is 1. The Bertz CT molecular complexity index is 1010. The van der Waals surface area contributed by atoms with E-state index in [0.29, 0.717) is 18.5 Å². The molecule has 0 bridgehead atoms. The van der Waals surface area contributed by atoms with Gasteiger partial charge >= 0.3 is 0 Å². The quantitative estimate of drug-likeness (QED) is 0.535. The zero-order valence-corrected chi connectivity index (χ0v) is 14.0. The van der Waals surface area contributed by atoms with Crippen molar-refractivity contribution >= 4 is 17.3 Å². The van der Waals surface area contributed by atoms with Gasteiger partial charge in [-0.05, 0) is 48.7 Å². The van der Waals surface area contributed by atoms with Gasteiger partial charge in [0.15, 0.2) is 0 Å². The summed E-state index contributed by atoms with van der Waals surface area (Å²) in [6.45, 7) is 2.42. The van der Waals surface area contributed by atoms with Gasteiger partial charge in [0.25, 0.3) is 11.6 Å². The Morgan fingerprint density at radius 1 is 1.19 bits per heavy atom. The molecule has 3 aromatic rings. The number of carbonyl (C=O) groups excluding carboxylic acids is 1. The maximum Gasteiger partial charge on any atom is 0.269 e. The van der Waals surface area contributed by atoms with Gasteiger partial charge in [0.2, 0.25) is 0 Å². The van der Waals surface area contributed by atoms with Crippen LogP contribution in [0.3, 0.4) is 0 Å². The minimum absolute atomic E-state index is 0.0473. The highest BCUT2D eigenvalue weighted by molar-refractivity contribution is 6.07. The molecule has 1 aliphatic heterocycles. The van der Waals surface area contributed by atoms with Crippen LogP contribution >= 0.6 is 0 Å². The fourth-order valence-electron chi connectivity index (χ4n) is 3.25. The number of aryl methyl sites for hydroxylation is 1. The van der Waals surface area contributed by atoms with Gasteiger partial charge in [-0.3, -0.25) is 14.9 Å². The molecular weight excluding hydrogens is 334 g/mol. The number of benzene rings is 2. The molecule has 0 spiro atoms. The summed E-state index contributed by atoms with van der Waals surface area (Å²) >= 11 is 0. The highest BCUT2D eigenvalue weighted by Gasteiger charge is 2.27. The Morgan fingerprint density at radius 3 is 2.69 bits per heavy atom. The summed E-state index contributed by atoms with van der Waals surface area (Å²) in [6, 6.07) is 10.0. The van der Waals surface area contributed by atoms with Crippen LogP contribution in [0.4, 0.5) is 11.4 Å². The van der Waals surface area contributed by atoms with Crippen LogP contribution in [0.25, 0.3) is 5.69 Å². The molecule has 2 aromatic carbocycles. The van der Waals surface area contributed by atoms with Crippen molar-refractivity contribution in [1.29, 1.82) is 0 Å². The fraction of sp³-hybridized carbons (Fsp3) is 0.167. The number of rotatable bonds is 3. The first-order valence-corrected chi connectivity index (χ1v) is 8.09. The predicted molar refractivity (Wildman–Crippen MR) is 94.6 cm³/mol. The Morgan fingerprint density at radius 2 is 2.00 bits per heavy atom. The average Bonchev–Trinajstić information content (AvgIpc) is 3.30. The molecule has 2 heterocycles. The SMILES string of the molecule is Cc1cc(C(=O)N2CCc3cc([N+](=O)[O-])ccc32)ccc1-n1cncn1. The van der Waals surface area contributed by atoms with Crippen LogP contribution < -0.4 is 4.90 Å². The van der Waals surface area contributed by atoms with E-state index in [2.05, 4.69) is 10.1 Å². The molecule has 4 rings (SSSR count). The smallest absolute Gasteiger partial charge is 0.269 e. The highest BCUT2D eigenvalue weighted by Crippen LogP contribution is 2.32. The number of nitrogens with zero attached hydrogens (tertiary/aromatic N) is 5. The van der Waals surface area contributed by atoms with Crippen LogP contribution in [-0.4, -0.2) is 32.1 Å². The molecule has 0 atom stereocenters. The Balaban J connectivity index is 1.64. The van der Waals surface area contributed by atoms with Crippen LogP contribution in [-0.2, 0) is 6.42 Å². The average molecular weight is 349 g/mol. The molecule has 0 saturated heterocycles. The molecule has 1 aliphatic rings. The van der Waals surface area contributed by atoms with Crippen LogP contribution in [0.15, 0.2) is 49.1 Å². The maximum absolute atomic E-state index is 12.9. The lowest BCUT2D eigenvalue weighted by Crippen LogP contribution is -2.29. The molecule has 0 radical (unpaired) electrons. The summed E-state index contributed by atoms with van der Waals surface area (Å²) in [7, 11) is 0. The number of carbonyl (C=O) groups is 1. The molecule has 0 aliphatic carbocycles. The number of amides is 1. The molecule has 8 nitrogen and oxygen atoms in total. The van der Waals surface area contributed by atoms with Crippen molar-refractivity contribution < 1.29 is 9.72 Å². The van der Waals surface area contributed by atoms with Crippen LogP contribution in [0.1, 0.15) is 21.5 Å². The van der Waals surface area contributed by atoms with Crippen molar-refractivity contribution in [1.82, 2.24) is 14.8 Å². The van der Waals surface area contributed by atoms with Gasteiger partial charge in [0.1, 0.15) is 12.7 Å². The fourth-order valence-corrected chi connectivity index (χ4v) is 3.25. The number of nitro groups is 1. The van der Waals surface area contributed by atoms with Gasteiger partial charge < -0.3 is 4.90 Å². The molecule has 8 heteroatoms. The summed E-state index contributed by atoms with van der Waals surface area (Å²) in [4.78, 5) is 29.0. The zero-order valence-electron chi connectivity index (χ0n) is 14.0. The Labute approximate surface area is 148 Å². The third-order valence-corrected chi connectivity index (χ3v) is 4.52. The van der Waals surface area contributed by atoms with E-state index in [4.69, 9.17) is 0 Å². The van der Waals surface area contributed by atoms with E-state index in [0.717, 1.165) is 22.5 Å². The molecule has 130 valence electrons. The van der Waals surface area contributed by atoms with E-state index in [1.807, 2.05) is 19.1 Å². The molecule has 26 heavy (non-hydrogen) atoms. The van der Waals surface area contributed by atoms with E-state index < -0.39 is 4.92 Å². The van der Waals surface area contributed by atoms with Crippen molar-refractivity contribution in [2.45, 2.75) is 13.3 Å². The van der Waals surface area contributed by atoms with Crippen LogP contribution in [0, 0.1) is 17.0 Å². The Kier molecular flexibility index (Phi) is 3.72. The lowest BCUT2D eigenvalue weighted by molar-refractivity contribution is -0.384. The maximum atomic E-state index is 12.9. The van der Waals surface area contributed by atoms with E-state index in [1.165, 1.54) is 12.4 Å². The molecular formula is C18H15N5O3. The summed E-state index contributed by atoms with van der Waals surface area (Å²) in [5.74, 6) is -0.120. The second-order valence-corrected chi connectivity index (χ2v) is 6.12.